The zero-order chi connectivity index (χ0) is 12.3. The van der Waals surface area contributed by atoms with Crippen molar-refractivity contribution in [3.05, 3.63) is 56.2 Å². The summed E-state index contributed by atoms with van der Waals surface area (Å²) in [6.45, 7) is 0.433. The van der Waals surface area contributed by atoms with Gasteiger partial charge in [0.25, 0.3) is 0 Å². The highest BCUT2D eigenvalue weighted by Crippen LogP contribution is 2.28. The first-order valence-corrected chi connectivity index (χ1v) is 6.79. The van der Waals surface area contributed by atoms with Crippen LogP contribution in [0.3, 0.4) is 0 Å². The summed E-state index contributed by atoms with van der Waals surface area (Å²) in [4.78, 5) is 4.07. The normalized spacial score (nSPS) is 10.3. The molecule has 1 aromatic carbocycles. The molecule has 2 rings (SSSR count). The Kier molecular flexibility index (Phi) is 4.42. The largest absolute Gasteiger partial charge is 0.487 e. The van der Waals surface area contributed by atoms with Gasteiger partial charge in [0, 0.05) is 26.9 Å². The lowest BCUT2D eigenvalue weighted by Gasteiger charge is -2.08. The first kappa shape index (κ1) is 12.9. The van der Waals surface area contributed by atoms with E-state index in [1.165, 1.54) is 0 Å². The predicted molar refractivity (Wildman–Crippen MR) is 75.4 cm³/mol. The number of hydrogen-bond donors (Lipinski definition) is 0. The van der Waals surface area contributed by atoms with Crippen molar-refractivity contribution in [1.82, 2.24) is 4.98 Å². The van der Waals surface area contributed by atoms with Gasteiger partial charge < -0.3 is 4.74 Å². The number of rotatable bonds is 3. The Labute approximate surface area is 121 Å². The maximum Gasteiger partial charge on any atom is 0.139 e. The number of benzene rings is 1. The third-order valence-electron chi connectivity index (χ3n) is 2.05. The van der Waals surface area contributed by atoms with Gasteiger partial charge in [0.1, 0.15) is 12.4 Å². The van der Waals surface area contributed by atoms with Gasteiger partial charge in [-0.25, -0.2) is 0 Å². The summed E-state index contributed by atoms with van der Waals surface area (Å²) in [5, 5.41) is 0.594. The molecule has 0 fully saturated rings. The molecule has 0 spiro atoms. The summed E-state index contributed by atoms with van der Waals surface area (Å²) in [6.07, 6.45) is 3.49. The van der Waals surface area contributed by atoms with Crippen LogP contribution in [0.5, 0.6) is 5.75 Å². The van der Waals surface area contributed by atoms with Crippen LogP contribution in [0.25, 0.3) is 0 Å². The molecule has 0 aliphatic carbocycles. The van der Waals surface area contributed by atoms with Crippen molar-refractivity contribution >= 4 is 43.5 Å². The van der Waals surface area contributed by atoms with Crippen molar-refractivity contribution in [2.75, 3.05) is 0 Å². The van der Waals surface area contributed by atoms with E-state index in [1.807, 2.05) is 18.2 Å². The number of nitrogens with zero attached hydrogens (tertiary/aromatic N) is 1. The minimum atomic E-state index is 0.433. The van der Waals surface area contributed by atoms with Gasteiger partial charge in [0.05, 0.1) is 5.02 Å². The van der Waals surface area contributed by atoms with Gasteiger partial charge in [-0.2, -0.15) is 0 Å². The standard InChI is InChI=1S/C12H8Br2ClNO/c13-9-1-2-11(15)12(4-9)17-7-8-3-10(14)6-16-5-8/h1-6H,7H2. The van der Waals surface area contributed by atoms with E-state index in [0.717, 1.165) is 14.5 Å². The quantitative estimate of drug-likeness (QED) is 0.764. The van der Waals surface area contributed by atoms with Gasteiger partial charge in [0.2, 0.25) is 0 Å². The lowest BCUT2D eigenvalue weighted by molar-refractivity contribution is 0.305. The van der Waals surface area contributed by atoms with Crippen molar-refractivity contribution in [3.63, 3.8) is 0 Å². The Morgan fingerprint density at radius 1 is 1.12 bits per heavy atom. The molecule has 0 aliphatic heterocycles. The molecule has 0 saturated heterocycles. The Hall–Kier alpha value is -0.580. The highest BCUT2D eigenvalue weighted by Gasteiger charge is 2.03. The maximum atomic E-state index is 6.02. The van der Waals surface area contributed by atoms with E-state index in [2.05, 4.69) is 36.8 Å². The molecule has 0 atom stereocenters. The predicted octanol–water partition coefficient (Wildman–Crippen LogP) is 4.84. The van der Waals surface area contributed by atoms with Crippen molar-refractivity contribution in [2.24, 2.45) is 0 Å². The van der Waals surface area contributed by atoms with Crippen LogP contribution in [-0.4, -0.2) is 4.98 Å². The molecule has 0 radical (unpaired) electrons. The fourth-order valence-corrected chi connectivity index (χ4v) is 2.21. The summed E-state index contributed by atoms with van der Waals surface area (Å²) >= 11 is 12.8. The first-order valence-electron chi connectivity index (χ1n) is 4.82. The van der Waals surface area contributed by atoms with Crippen LogP contribution in [0, 0.1) is 0 Å². The second-order valence-electron chi connectivity index (χ2n) is 3.37. The van der Waals surface area contributed by atoms with E-state index in [-0.39, 0.29) is 0 Å². The summed E-state index contributed by atoms with van der Waals surface area (Å²) in [6, 6.07) is 7.46. The Bertz CT molecular complexity index is 534. The molecule has 5 heteroatoms. The minimum absolute atomic E-state index is 0.433. The van der Waals surface area contributed by atoms with Crippen LogP contribution in [0.2, 0.25) is 5.02 Å². The van der Waals surface area contributed by atoms with Gasteiger partial charge in [-0.1, -0.05) is 27.5 Å². The molecule has 1 aromatic heterocycles. The molecule has 0 bridgehead atoms. The molecular formula is C12H8Br2ClNO. The van der Waals surface area contributed by atoms with Gasteiger partial charge in [-0.3, -0.25) is 4.98 Å². The summed E-state index contributed by atoms with van der Waals surface area (Å²) in [7, 11) is 0. The number of hydrogen-bond acceptors (Lipinski definition) is 2. The van der Waals surface area contributed by atoms with Crippen LogP contribution >= 0.6 is 43.5 Å². The van der Waals surface area contributed by atoms with Crippen LogP contribution in [0.4, 0.5) is 0 Å². The van der Waals surface area contributed by atoms with E-state index in [0.29, 0.717) is 17.4 Å². The van der Waals surface area contributed by atoms with Gasteiger partial charge in [-0.05, 0) is 40.2 Å². The molecular weight excluding hydrogens is 369 g/mol. The highest BCUT2D eigenvalue weighted by molar-refractivity contribution is 9.10. The van der Waals surface area contributed by atoms with Crippen molar-refractivity contribution in [1.29, 1.82) is 0 Å². The molecule has 0 unspecified atom stereocenters. The van der Waals surface area contributed by atoms with Crippen LogP contribution in [0.15, 0.2) is 45.6 Å². The van der Waals surface area contributed by atoms with E-state index < -0.39 is 0 Å². The van der Waals surface area contributed by atoms with Gasteiger partial charge in [0.15, 0.2) is 0 Å². The Morgan fingerprint density at radius 2 is 1.94 bits per heavy atom. The van der Waals surface area contributed by atoms with E-state index in [1.54, 1.807) is 18.5 Å². The fraction of sp³-hybridized carbons (Fsp3) is 0.0833. The number of pyridine rings is 1. The molecule has 1 heterocycles. The van der Waals surface area contributed by atoms with Gasteiger partial charge >= 0.3 is 0 Å². The summed E-state index contributed by atoms with van der Waals surface area (Å²) in [5.74, 6) is 0.654. The average Bonchev–Trinajstić information content (AvgIpc) is 2.30. The molecule has 0 saturated carbocycles. The first-order chi connectivity index (χ1) is 8.15. The van der Waals surface area contributed by atoms with Crippen LogP contribution < -0.4 is 4.74 Å². The molecule has 2 nitrogen and oxygen atoms in total. The smallest absolute Gasteiger partial charge is 0.139 e. The highest BCUT2D eigenvalue weighted by atomic mass is 79.9. The van der Waals surface area contributed by atoms with Crippen LogP contribution in [-0.2, 0) is 6.61 Å². The third-order valence-corrected chi connectivity index (χ3v) is 3.29. The Balaban J connectivity index is 2.09. The molecule has 0 amide bonds. The van der Waals surface area contributed by atoms with Crippen molar-refractivity contribution in [3.8, 4) is 5.75 Å². The zero-order valence-corrected chi connectivity index (χ0v) is 12.6. The SMILES string of the molecule is Clc1ccc(Br)cc1OCc1cncc(Br)c1. The third kappa shape index (κ3) is 3.69. The van der Waals surface area contributed by atoms with E-state index >= 15 is 0 Å². The number of ether oxygens (including phenoxy) is 1. The van der Waals surface area contributed by atoms with Crippen molar-refractivity contribution in [2.45, 2.75) is 6.61 Å². The Morgan fingerprint density at radius 3 is 2.71 bits per heavy atom. The zero-order valence-electron chi connectivity index (χ0n) is 8.66. The summed E-state index contributed by atoms with van der Waals surface area (Å²) in [5.41, 5.74) is 0.982. The lowest BCUT2D eigenvalue weighted by Crippen LogP contribution is -1.96. The second kappa shape index (κ2) is 5.85. The minimum Gasteiger partial charge on any atom is -0.487 e. The van der Waals surface area contributed by atoms with Gasteiger partial charge in [-0.15, -0.1) is 0 Å². The number of halogens is 3. The molecule has 2 aromatic rings. The lowest BCUT2D eigenvalue weighted by atomic mass is 10.3. The molecule has 88 valence electrons. The topological polar surface area (TPSA) is 22.1 Å². The number of aromatic nitrogens is 1. The summed E-state index contributed by atoms with van der Waals surface area (Å²) < 4.78 is 7.50. The molecule has 0 N–H and O–H groups in total. The van der Waals surface area contributed by atoms with E-state index in [4.69, 9.17) is 16.3 Å². The second-order valence-corrected chi connectivity index (χ2v) is 5.61. The average molecular weight is 377 g/mol. The molecule has 17 heavy (non-hydrogen) atoms. The fourth-order valence-electron chi connectivity index (χ4n) is 1.28. The molecule has 0 aliphatic rings. The van der Waals surface area contributed by atoms with Crippen LogP contribution in [0.1, 0.15) is 5.56 Å². The van der Waals surface area contributed by atoms with Crippen molar-refractivity contribution < 1.29 is 4.74 Å². The van der Waals surface area contributed by atoms with E-state index in [9.17, 15) is 0 Å². The monoisotopic (exact) mass is 375 g/mol. The maximum absolute atomic E-state index is 6.02.